The molecule has 3 aliphatic carbocycles. The summed E-state index contributed by atoms with van der Waals surface area (Å²) in [6.07, 6.45) is -0.285. The van der Waals surface area contributed by atoms with Crippen LogP contribution < -0.4 is 16.9 Å². The number of ketones is 2. The van der Waals surface area contributed by atoms with Crippen LogP contribution in [0.25, 0.3) is 5.76 Å². The topological polar surface area (TPSA) is 226 Å². The number of amides is 3. The molecule has 9 N–H and O–H groups in total. The zero-order valence-electron chi connectivity index (χ0n) is 18.0. The highest BCUT2D eigenvalue weighted by Crippen LogP contribution is 2.52. The number of carbonyl (C=O) groups excluding carboxylic acids is 4. The number of aliphatic hydroxyl groups is 3. The molecular weight excluding hydrogens is 448 g/mol. The number of carbonyl (C=O) groups is 4. The van der Waals surface area contributed by atoms with Crippen LogP contribution in [0.4, 0.5) is 4.79 Å². The molecule has 0 radical (unpaired) electrons. The van der Waals surface area contributed by atoms with Crippen molar-refractivity contribution in [1.29, 1.82) is 0 Å². The molecule has 3 aliphatic rings. The molecule has 0 bridgehead atoms. The Hall–Kier alpha value is -4.19. The lowest BCUT2D eigenvalue weighted by Gasteiger charge is -2.46. The number of Topliss-reactive ketones (excluding diaryl/α,β-unsaturated/α-hetero) is 2. The molecule has 0 unspecified atom stereocenters. The fourth-order valence-electron chi connectivity index (χ4n) is 5.16. The average Bonchev–Trinajstić information content (AvgIpc) is 2.74. The van der Waals surface area contributed by atoms with E-state index in [1.54, 1.807) is 6.92 Å². The molecule has 0 aromatic heterocycles. The maximum absolute atomic E-state index is 13.4. The number of urea groups is 1. The van der Waals surface area contributed by atoms with Crippen molar-refractivity contribution in [3.63, 3.8) is 0 Å². The Bertz CT molecular complexity index is 1280. The van der Waals surface area contributed by atoms with Crippen molar-refractivity contribution in [2.75, 3.05) is 0 Å². The van der Waals surface area contributed by atoms with Gasteiger partial charge in [0.05, 0.1) is 11.3 Å². The van der Waals surface area contributed by atoms with E-state index in [0.29, 0.717) is 16.8 Å². The van der Waals surface area contributed by atoms with E-state index in [0.717, 1.165) is 0 Å². The summed E-state index contributed by atoms with van der Waals surface area (Å²) in [7, 11) is 0. The first-order valence-electron chi connectivity index (χ1n) is 10.3. The standard InChI is InChI=1S/C22H22N4O8/c1-7(25-26-21(24)33)10-2-3-12(27)15-11(10)5-8-4-9-6-13(28)16(20(23)32)19(31)22(9,34)18(30)14(8)17(15)29/h2-3,8-9,27,29,31,34H,4-6H2,1H3,(H2,23,32)(H3,24,26,33)/b25-7-/t8-,9+,22+/m1/s1. The monoisotopic (exact) mass is 470 g/mol. The van der Waals surface area contributed by atoms with Crippen LogP contribution in [0.3, 0.4) is 0 Å². The molecule has 0 heterocycles. The second kappa shape index (κ2) is 7.70. The predicted octanol–water partition coefficient (Wildman–Crippen LogP) is -0.184. The number of benzene rings is 1. The third kappa shape index (κ3) is 3.14. The predicted molar refractivity (Wildman–Crippen MR) is 116 cm³/mol. The Morgan fingerprint density at radius 2 is 1.82 bits per heavy atom. The van der Waals surface area contributed by atoms with Gasteiger partial charge in [0.2, 0.25) is 5.78 Å². The molecule has 1 saturated carbocycles. The van der Waals surface area contributed by atoms with Gasteiger partial charge in [-0.15, -0.1) is 0 Å². The van der Waals surface area contributed by atoms with Crippen LogP contribution in [0.1, 0.15) is 36.5 Å². The summed E-state index contributed by atoms with van der Waals surface area (Å²) in [6.45, 7) is 1.57. The van der Waals surface area contributed by atoms with E-state index >= 15 is 0 Å². The number of phenolic OH excluding ortho intramolecular Hbond substituents is 1. The van der Waals surface area contributed by atoms with Crippen LogP contribution in [-0.2, 0) is 20.8 Å². The Kier molecular flexibility index (Phi) is 5.20. The van der Waals surface area contributed by atoms with E-state index in [9.17, 15) is 39.6 Å². The second-order valence-corrected chi connectivity index (χ2v) is 8.57. The maximum Gasteiger partial charge on any atom is 0.332 e. The van der Waals surface area contributed by atoms with Gasteiger partial charge in [-0.1, -0.05) is 0 Å². The number of nitrogens with one attached hydrogen (secondary N) is 1. The van der Waals surface area contributed by atoms with Crippen LogP contribution in [0.15, 0.2) is 34.1 Å². The number of primary amides is 2. The normalized spacial score (nSPS) is 26.6. The quantitative estimate of drug-likeness (QED) is 0.178. The number of hydrogen-bond acceptors (Lipinski definition) is 9. The van der Waals surface area contributed by atoms with E-state index in [1.165, 1.54) is 12.1 Å². The van der Waals surface area contributed by atoms with Crippen LogP contribution in [-0.4, -0.2) is 55.2 Å². The lowest BCUT2D eigenvalue weighted by molar-refractivity contribution is -0.147. The molecule has 1 fully saturated rings. The molecule has 1 aromatic carbocycles. The highest BCUT2D eigenvalue weighted by molar-refractivity contribution is 6.22. The number of fused-ring (bicyclic) bond motifs is 3. The summed E-state index contributed by atoms with van der Waals surface area (Å²) in [6, 6.07) is 1.90. The third-order valence-electron chi connectivity index (χ3n) is 6.67. The molecule has 3 atom stereocenters. The number of aromatic hydroxyl groups is 1. The molecular formula is C22H22N4O8. The lowest BCUT2D eigenvalue weighted by Crippen LogP contribution is -2.58. The maximum atomic E-state index is 13.4. The van der Waals surface area contributed by atoms with Gasteiger partial charge in [-0.05, 0) is 43.4 Å². The highest BCUT2D eigenvalue weighted by Gasteiger charge is 2.60. The van der Waals surface area contributed by atoms with Gasteiger partial charge >= 0.3 is 6.03 Å². The van der Waals surface area contributed by atoms with Crippen LogP contribution in [0, 0.1) is 11.8 Å². The minimum atomic E-state index is -2.62. The lowest BCUT2D eigenvalue weighted by atomic mass is 9.59. The van der Waals surface area contributed by atoms with E-state index in [-0.39, 0.29) is 29.7 Å². The average molecular weight is 470 g/mol. The molecule has 34 heavy (non-hydrogen) atoms. The number of aliphatic hydroxyl groups excluding tert-OH is 2. The van der Waals surface area contributed by atoms with Crippen molar-refractivity contribution in [2.45, 2.75) is 31.8 Å². The van der Waals surface area contributed by atoms with E-state index < -0.39 is 64.5 Å². The number of phenols is 1. The third-order valence-corrected chi connectivity index (χ3v) is 6.67. The summed E-state index contributed by atoms with van der Waals surface area (Å²) in [5.41, 5.74) is 9.72. The van der Waals surface area contributed by atoms with Crippen molar-refractivity contribution in [1.82, 2.24) is 5.43 Å². The minimum Gasteiger partial charge on any atom is -0.508 e. The van der Waals surface area contributed by atoms with Gasteiger partial charge in [0.25, 0.3) is 5.91 Å². The number of nitrogens with two attached hydrogens (primary N) is 2. The van der Waals surface area contributed by atoms with Crippen LogP contribution in [0.2, 0.25) is 0 Å². The first-order chi connectivity index (χ1) is 15.9. The van der Waals surface area contributed by atoms with Gasteiger partial charge in [-0.2, -0.15) is 5.10 Å². The molecule has 1 aromatic rings. The number of nitrogens with zero attached hydrogens (tertiary/aromatic N) is 1. The van der Waals surface area contributed by atoms with E-state index in [4.69, 9.17) is 11.5 Å². The smallest absolute Gasteiger partial charge is 0.332 e. The van der Waals surface area contributed by atoms with Crippen molar-refractivity contribution >= 4 is 35.0 Å². The van der Waals surface area contributed by atoms with Gasteiger partial charge < -0.3 is 31.9 Å². The van der Waals surface area contributed by atoms with E-state index in [1.807, 2.05) is 0 Å². The number of hydrogen-bond donors (Lipinski definition) is 7. The largest absolute Gasteiger partial charge is 0.508 e. The summed E-state index contributed by atoms with van der Waals surface area (Å²) in [5.74, 6) is -6.98. The molecule has 0 spiro atoms. The zero-order chi connectivity index (χ0) is 25.1. The second-order valence-electron chi connectivity index (χ2n) is 8.57. The Labute approximate surface area is 192 Å². The van der Waals surface area contributed by atoms with Crippen molar-refractivity contribution in [3.8, 4) is 5.75 Å². The molecule has 178 valence electrons. The Morgan fingerprint density at radius 3 is 2.44 bits per heavy atom. The SMILES string of the molecule is C/C(=N/NC(N)=O)c1ccc(O)c2c1C[C@H]1C[C@H]3CC(=O)C(C(N)=O)=C(O)[C@@]3(O)C(=O)C1=C2O. The summed E-state index contributed by atoms with van der Waals surface area (Å²) in [4.78, 5) is 48.5. The van der Waals surface area contributed by atoms with Gasteiger partial charge in [0.15, 0.2) is 11.4 Å². The van der Waals surface area contributed by atoms with Crippen molar-refractivity contribution in [2.24, 2.45) is 28.4 Å². The van der Waals surface area contributed by atoms with Crippen molar-refractivity contribution in [3.05, 3.63) is 45.7 Å². The van der Waals surface area contributed by atoms with Crippen LogP contribution in [0.5, 0.6) is 5.75 Å². The number of rotatable bonds is 3. The fourth-order valence-corrected chi connectivity index (χ4v) is 5.16. The molecule has 0 aliphatic heterocycles. The van der Waals surface area contributed by atoms with Crippen LogP contribution >= 0.6 is 0 Å². The zero-order valence-corrected chi connectivity index (χ0v) is 18.0. The summed E-state index contributed by atoms with van der Waals surface area (Å²) < 4.78 is 0. The van der Waals surface area contributed by atoms with Crippen molar-refractivity contribution < 1.29 is 39.6 Å². The molecule has 12 nitrogen and oxygen atoms in total. The highest BCUT2D eigenvalue weighted by atomic mass is 16.3. The summed E-state index contributed by atoms with van der Waals surface area (Å²) >= 11 is 0. The van der Waals surface area contributed by atoms with Gasteiger partial charge in [-0.25, -0.2) is 10.2 Å². The minimum absolute atomic E-state index is 0.00768. The Morgan fingerprint density at radius 1 is 1.15 bits per heavy atom. The molecule has 4 rings (SSSR count). The van der Waals surface area contributed by atoms with Gasteiger partial charge in [0.1, 0.15) is 22.8 Å². The summed E-state index contributed by atoms with van der Waals surface area (Å²) in [5, 5.41) is 47.2. The first kappa shape index (κ1) is 23.0. The number of hydrazone groups is 1. The molecule has 12 heteroatoms. The molecule has 3 amide bonds. The van der Waals surface area contributed by atoms with Gasteiger partial charge in [0, 0.05) is 23.5 Å². The Balaban J connectivity index is 1.90. The fraction of sp³-hybridized carbons (Fsp3) is 0.318. The van der Waals surface area contributed by atoms with E-state index in [2.05, 4.69) is 10.5 Å². The first-order valence-corrected chi connectivity index (χ1v) is 10.3. The van der Waals surface area contributed by atoms with Gasteiger partial charge in [-0.3, -0.25) is 14.4 Å². The molecule has 0 saturated heterocycles.